The molecule has 6 rings (SSSR count). The highest BCUT2D eigenvalue weighted by Gasteiger charge is 2.36. The van der Waals surface area contributed by atoms with E-state index >= 15 is 0 Å². The van der Waals surface area contributed by atoms with Crippen LogP contribution in [0.15, 0.2) is 115 Å². The van der Waals surface area contributed by atoms with Crippen molar-refractivity contribution in [1.29, 1.82) is 0 Å². The summed E-state index contributed by atoms with van der Waals surface area (Å²) < 4.78 is 5.77. The number of piperidine rings is 1. The predicted octanol–water partition coefficient (Wildman–Crippen LogP) is 8.26. The topological polar surface area (TPSA) is 45.3 Å². The van der Waals surface area contributed by atoms with Gasteiger partial charge in [-0.25, -0.2) is 4.79 Å². The highest BCUT2D eigenvalue weighted by Crippen LogP contribution is 2.44. The second-order valence-electron chi connectivity index (χ2n) is 10.0. The van der Waals surface area contributed by atoms with Crippen molar-refractivity contribution in [2.75, 3.05) is 13.1 Å². The average molecular weight is 533 g/mol. The lowest BCUT2D eigenvalue weighted by Crippen LogP contribution is -2.44. The van der Waals surface area contributed by atoms with E-state index in [1.54, 1.807) is 0 Å². The van der Waals surface area contributed by atoms with Gasteiger partial charge in [0.15, 0.2) is 0 Å². The number of carbonyl (C=O) groups is 1. The molecule has 1 aliphatic heterocycles. The number of hydrogen-bond donors (Lipinski definition) is 1. The first kappa shape index (κ1) is 25.3. The van der Waals surface area contributed by atoms with Gasteiger partial charge in [0, 0.05) is 40.9 Å². The zero-order valence-electron chi connectivity index (χ0n) is 21.8. The van der Waals surface area contributed by atoms with Crippen molar-refractivity contribution < 1.29 is 9.53 Å². The van der Waals surface area contributed by atoms with Gasteiger partial charge in [0.2, 0.25) is 0 Å². The molecule has 2 atom stereocenters. The van der Waals surface area contributed by atoms with Crippen LogP contribution in [0, 0.1) is 0 Å². The van der Waals surface area contributed by atoms with Gasteiger partial charge >= 0.3 is 6.09 Å². The van der Waals surface area contributed by atoms with E-state index in [1.165, 1.54) is 22.1 Å². The summed E-state index contributed by atoms with van der Waals surface area (Å²) in [7, 11) is 0. The number of ether oxygens (including phenoxy) is 1. The maximum atomic E-state index is 13.3. The molecule has 196 valence electrons. The third kappa shape index (κ3) is 5.74. The van der Waals surface area contributed by atoms with E-state index in [4.69, 9.17) is 4.74 Å². The van der Waals surface area contributed by atoms with Gasteiger partial charge in [0.25, 0.3) is 0 Å². The SMILES string of the molecule is O=C(OCc1ccccc1)N1CC[C@H](SCc2ccccc2)[C@@H](c2c(-c3ccccc3)[nH]c3ccccc23)C1. The maximum absolute atomic E-state index is 13.3. The van der Waals surface area contributed by atoms with E-state index in [-0.39, 0.29) is 18.6 Å². The zero-order valence-corrected chi connectivity index (χ0v) is 22.6. The van der Waals surface area contributed by atoms with E-state index in [9.17, 15) is 4.79 Å². The van der Waals surface area contributed by atoms with Crippen LogP contribution in [-0.4, -0.2) is 34.3 Å². The summed E-state index contributed by atoms with van der Waals surface area (Å²) in [4.78, 5) is 18.9. The molecule has 1 saturated heterocycles. The number of H-pyrrole nitrogens is 1. The number of nitrogens with zero attached hydrogens (tertiary/aromatic N) is 1. The second kappa shape index (κ2) is 11.8. The lowest BCUT2D eigenvalue weighted by Gasteiger charge is -2.38. The minimum Gasteiger partial charge on any atom is -0.445 e. The number of aromatic amines is 1. The maximum Gasteiger partial charge on any atom is 0.410 e. The molecule has 0 spiro atoms. The van der Waals surface area contributed by atoms with Crippen molar-refractivity contribution in [2.45, 2.75) is 29.9 Å². The van der Waals surface area contributed by atoms with Crippen LogP contribution in [0.4, 0.5) is 4.79 Å². The monoisotopic (exact) mass is 532 g/mol. The van der Waals surface area contributed by atoms with Gasteiger partial charge in [-0.1, -0.05) is 109 Å². The van der Waals surface area contributed by atoms with Gasteiger partial charge in [0.1, 0.15) is 6.61 Å². The largest absolute Gasteiger partial charge is 0.445 e. The Morgan fingerprint density at radius 2 is 1.46 bits per heavy atom. The fraction of sp³-hybridized carbons (Fsp3) is 0.206. The number of likely N-dealkylation sites (tertiary alicyclic amines) is 1. The standard InChI is InChI=1S/C34H32N2O2S/c37-34(38-23-25-12-4-1-5-13-25)36-21-20-31(39-24-26-14-6-2-7-15-26)29(22-36)32-28-18-10-11-19-30(28)35-33(32)27-16-8-3-9-17-27/h1-19,29,31,35H,20-24H2/t29-,31-/m0/s1. The molecular weight excluding hydrogens is 500 g/mol. The molecule has 0 unspecified atom stereocenters. The summed E-state index contributed by atoms with van der Waals surface area (Å²) in [6.07, 6.45) is 0.674. The molecule has 1 N–H and O–H groups in total. The average Bonchev–Trinajstić information content (AvgIpc) is 3.40. The van der Waals surface area contributed by atoms with Gasteiger partial charge in [-0.3, -0.25) is 0 Å². The third-order valence-electron chi connectivity index (χ3n) is 7.50. The Morgan fingerprint density at radius 1 is 0.821 bits per heavy atom. The number of thioether (sulfide) groups is 1. The van der Waals surface area contributed by atoms with E-state index in [0.717, 1.165) is 28.9 Å². The Labute approximate surface area is 234 Å². The predicted molar refractivity (Wildman–Crippen MR) is 161 cm³/mol. The quantitative estimate of drug-likeness (QED) is 0.229. The molecule has 0 saturated carbocycles. The molecule has 1 aliphatic rings. The Morgan fingerprint density at radius 3 is 2.21 bits per heavy atom. The molecule has 4 nitrogen and oxygen atoms in total. The smallest absolute Gasteiger partial charge is 0.410 e. The molecule has 1 aromatic heterocycles. The van der Waals surface area contributed by atoms with Gasteiger partial charge in [-0.05, 0) is 34.7 Å². The van der Waals surface area contributed by atoms with Crippen molar-refractivity contribution >= 4 is 28.8 Å². The van der Waals surface area contributed by atoms with Crippen LogP contribution in [0.25, 0.3) is 22.2 Å². The Kier molecular flexibility index (Phi) is 7.68. The highest BCUT2D eigenvalue weighted by atomic mass is 32.2. The normalized spacial score (nSPS) is 17.3. The van der Waals surface area contributed by atoms with Gasteiger partial charge in [-0.15, -0.1) is 0 Å². The molecule has 5 heteroatoms. The van der Waals surface area contributed by atoms with Crippen LogP contribution in [0.2, 0.25) is 0 Å². The van der Waals surface area contributed by atoms with Crippen molar-refractivity contribution in [1.82, 2.24) is 9.88 Å². The molecule has 4 aromatic carbocycles. The number of carbonyl (C=O) groups excluding carboxylic acids is 1. The number of nitrogens with one attached hydrogen (secondary N) is 1. The summed E-state index contributed by atoms with van der Waals surface area (Å²) in [6, 6.07) is 39.6. The molecule has 39 heavy (non-hydrogen) atoms. The van der Waals surface area contributed by atoms with Crippen LogP contribution in [0.3, 0.4) is 0 Å². The van der Waals surface area contributed by atoms with Crippen LogP contribution < -0.4 is 0 Å². The first-order valence-electron chi connectivity index (χ1n) is 13.5. The van der Waals surface area contributed by atoms with E-state index < -0.39 is 0 Å². The first-order valence-corrected chi connectivity index (χ1v) is 14.6. The third-order valence-corrected chi connectivity index (χ3v) is 8.99. The zero-order chi connectivity index (χ0) is 26.4. The number of rotatable bonds is 7. The number of para-hydroxylation sites is 1. The number of fused-ring (bicyclic) bond motifs is 1. The van der Waals surface area contributed by atoms with Gasteiger partial charge < -0.3 is 14.6 Å². The Hall–Kier alpha value is -3.96. The fourth-order valence-electron chi connectivity index (χ4n) is 5.54. The van der Waals surface area contributed by atoms with Gasteiger partial charge in [-0.2, -0.15) is 11.8 Å². The summed E-state index contributed by atoms with van der Waals surface area (Å²) >= 11 is 2.00. The fourth-order valence-corrected chi connectivity index (χ4v) is 6.87. The number of aromatic nitrogens is 1. The van der Waals surface area contributed by atoms with E-state index in [2.05, 4.69) is 89.9 Å². The Bertz CT molecular complexity index is 1520. The number of benzene rings is 4. The summed E-state index contributed by atoms with van der Waals surface area (Å²) in [5.74, 6) is 1.10. The van der Waals surface area contributed by atoms with Crippen molar-refractivity contribution in [3.05, 3.63) is 132 Å². The molecule has 0 radical (unpaired) electrons. The van der Waals surface area contributed by atoms with Gasteiger partial charge in [0.05, 0.1) is 5.69 Å². The van der Waals surface area contributed by atoms with Crippen molar-refractivity contribution in [3.8, 4) is 11.3 Å². The van der Waals surface area contributed by atoms with Crippen molar-refractivity contribution in [2.24, 2.45) is 0 Å². The molecule has 1 amide bonds. The number of amides is 1. The summed E-state index contributed by atoms with van der Waals surface area (Å²) in [5.41, 5.74) is 7.06. The summed E-state index contributed by atoms with van der Waals surface area (Å²) in [6.45, 7) is 1.61. The minimum absolute atomic E-state index is 0.156. The van der Waals surface area contributed by atoms with Crippen molar-refractivity contribution in [3.63, 3.8) is 0 Å². The van der Waals surface area contributed by atoms with E-state index in [0.29, 0.717) is 18.3 Å². The van der Waals surface area contributed by atoms with Crippen LogP contribution in [0.5, 0.6) is 0 Å². The molecular formula is C34H32N2O2S. The second-order valence-corrected chi connectivity index (χ2v) is 11.3. The minimum atomic E-state index is -0.239. The molecule has 1 fully saturated rings. The first-order chi connectivity index (χ1) is 19.3. The van der Waals surface area contributed by atoms with Crippen LogP contribution in [-0.2, 0) is 17.1 Å². The number of hydrogen-bond acceptors (Lipinski definition) is 3. The molecule has 0 aliphatic carbocycles. The highest BCUT2D eigenvalue weighted by molar-refractivity contribution is 7.99. The lowest BCUT2D eigenvalue weighted by molar-refractivity contribution is 0.0868. The summed E-state index contributed by atoms with van der Waals surface area (Å²) in [5, 5.41) is 1.59. The van der Waals surface area contributed by atoms with E-state index in [1.807, 2.05) is 47.0 Å². The lowest BCUT2D eigenvalue weighted by atomic mass is 9.86. The van der Waals surface area contributed by atoms with Crippen LogP contribution >= 0.6 is 11.8 Å². The van der Waals surface area contributed by atoms with Crippen LogP contribution in [0.1, 0.15) is 29.0 Å². The Balaban J connectivity index is 1.33. The molecule has 5 aromatic rings. The molecule has 0 bridgehead atoms. The molecule has 2 heterocycles.